The Balaban J connectivity index is 0.000000312. The van der Waals surface area contributed by atoms with Crippen LogP contribution < -0.4 is 17.0 Å². The molecule has 2 rings (SSSR count). The average molecular weight is 265 g/mol. The highest BCUT2D eigenvalue weighted by Gasteiger charge is 2.04. The van der Waals surface area contributed by atoms with E-state index in [2.05, 4.69) is 42.6 Å². The molecule has 0 bridgehead atoms. The van der Waals surface area contributed by atoms with Crippen LogP contribution in [0.3, 0.4) is 0 Å². The third kappa shape index (κ3) is 4.53. The molecule has 104 valence electrons. The lowest BCUT2D eigenvalue weighted by atomic mass is 10.0. The largest absolute Gasteiger partial charge is 0.369 e. The maximum Gasteiger partial charge on any atom is 0.349 e. The van der Waals surface area contributed by atoms with Gasteiger partial charge in [-0.25, -0.2) is 4.79 Å². The number of nitrogens with two attached hydrogens (primary N) is 1. The van der Waals surface area contributed by atoms with Crippen molar-refractivity contribution in [3.05, 3.63) is 27.0 Å². The predicted molar refractivity (Wildman–Crippen MR) is 74.9 cm³/mol. The van der Waals surface area contributed by atoms with E-state index in [-0.39, 0.29) is 17.0 Å². The van der Waals surface area contributed by atoms with E-state index < -0.39 is 11.2 Å². The maximum atomic E-state index is 11.3. The van der Waals surface area contributed by atoms with Crippen molar-refractivity contribution >= 4 is 17.0 Å². The van der Waals surface area contributed by atoms with Crippen LogP contribution >= 0.6 is 0 Å². The fraction of sp³-hybridized carbons (Fsp3) is 0.500. The number of aromatic nitrogens is 4. The summed E-state index contributed by atoms with van der Waals surface area (Å²) >= 11 is 0. The van der Waals surface area contributed by atoms with Crippen LogP contribution in [-0.4, -0.2) is 19.5 Å². The maximum absolute atomic E-state index is 11.3. The molecule has 0 atom stereocenters. The highest BCUT2D eigenvalue weighted by molar-refractivity contribution is 5.72. The minimum atomic E-state index is -0.477. The molecule has 0 fully saturated rings. The van der Waals surface area contributed by atoms with Gasteiger partial charge in [-0.1, -0.05) is 27.7 Å². The minimum Gasteiger partial charge on any atom is -0.369 e. The lowest BCUT2D eigenvalue weighted by Crippen LogP contribution is -2.23. The van der Waals surface area contributed by atoms with Crippen molar-refractivity contribution in [3.63, 3.8) is 0 Å². The first-order valence-electron chi connectivity index (χ1n) is 5.81. The number of aromatic amines is 1. The summed E-state index contributed by atoms with van der Waals surface area (Å²) in [6.45, 7) is 8.75. The van der Waals surface area contributed by atoms with E-state index in [1.165, 1.54) is 17.8 Å². The van der Waals surface area contributed by atoms with Gasteiger partial charge in [0.2, 0.25) is 5.95 Å². The zero-order chi connectivity index (χ0) is 14.8. The molecular formula is C12H19N5O2. The van der Waals surface area contributed by atoms with Gasteiger partial charge in [0.05, 0.1) is 0 Å². The molecule has 0 aromatic carbocycles. The van der Waals surface area contributed by atoms with Crippen LogP contribution in [0.25, 0.3) is 11.0 Å². The molecule has 7 nitrogen and oxygen atoms in total. The average Bonchev–Trinajstić information content (AvgIpc) is 2.18. The van der Waals surface area contributed by atoms with Gasteiger partial charge in [0.15, 0.2) is 5.65 Å². The second-order valence-corrected chi connectivity index (χ2v) is 5.82. The minimum absolute atomic E-state index is 0.0525. The summed E-state index contributed by atoms with van der Waals surface area (Å²) in [6, 6.07) is 0. The van der Waals surface area contributed by atoms with E-state index in [0.717, 1.165) is 0 Å². The van der Waals surface area contributed by atoms with Crippen LogP contribution in [0.15, 0.2) is 15.8 Å². The van der Waals surface area contributed by atoms with Gasteiger partial charge in [-0.2, -0.15) is 9.97 Å². The number of fused-ring (bicyclic) bond motifs is 1. The van der Waals surface area contributed by atoms with Crippen LogP contribution in [0.4, 0.5) is 5.95 Å². The van der Waals surface area contributed by atoms with E-state index in [1.807, 2.05) is 0 Å². The molecule has 0 aliphatic rings. The Kier molecular flexibility index (Phi) is 4.08. The zero-order valence-electron chi connectivity index (χ0n) is 11.8. The third-order valence-electron chi connectivity index (χ3n) is 1.78. The number of aryl methyl sites for hydroxylation is 1. The first-order valence-corrected chi connectivity index (χ1v) is 5.81. The second-order valence-electron chi connectivity index (χ2n) is 5.82. The Hall–Kier alpha value is -2.18. The Morgan fingerprint density at radius 1 is 1.21 bits per heavy atom. The fourth-order valence-corrected chi connectivity index (χ4v) is 1.11. The summed E-state index contributed by atoms with van der Waals surface area (Å²) in [4.78, 5) is 32.1. The highest BCUT2D eigenvalue weighted by Crippen LogP contribution is 2.08. The number of rotatable bonds is 0. The molecule has 2 aromatic heterocycles. The van der Waals surface area contributed by atoms with Crippen molar-refractivity contribution in [3.8, 4) is 0 Å². The van der Waals surface area contributed by atoms with Gasteiger partial charge in [-0.05, 0) is 5.41 Å². The fourth-order valence-electron chi connectivity index (χ4n) is 1.11. The van der Waals surface area contributed by atoms with Crippen LogP contribution in [0.2, 0.25) is 0 Å². The SMILES string of the molecule is CC(C)(C)C.Cn1cc2c(=O)[nH]c(N)nc2nc1=O. The molecule has 2 aromatic rings. The zero-order valence-corrected chi connectivity index (χ0v) is 11.8. The number of H-pyrrole nitrogens is 1. The number of nitrogens with zero attached hydrogens (tertiary/aromatic N) is 3. The van der Waals surface area contributed by atoms with Gasteiger partial charge in [-0.3, -0.25) is 9.78 Å². The molecule has 0 aliphatic carbocycles. The van der Waals surface area contributed by atoms with Gasteiger partial charge >= 0.3 is 5.69 Å². The van der Waals surface area contributed by atoms with E-state index in [0.29, 0.717) is 5.41 Å². The molecule has 3 N–H and O–H groups in total. The van der Waals surface area contributed by atoms with Gasteiger partial charge in [0.1, 0.15) is 5.39 Å². The summed E-state index contributed by atoms with van der Waals surface area (Å²) in [6.07, 6.45) is 1.37. The van der Waals surface area contributed by atoms with Gasteiger partial charge < -0.3 is 10.3 Å². The van der Waals surface area contributed by atoms with Crippen LogP contribution in [0, 0.1) is 5.41 Å². The molecule has 0 spiro atoms. The molecule has 7 heteroatoms. The topological polar surface area (TPSA) is 107 Å². The summed E-state index contributed by atoms with van der Waals surface area (Å²) in [5, 5.41) is 0.237. The van der Waals surface area contributed by atoms with Gasteiger partial charge in [0, 0.05) is 13.2 Å². The summed E-state index contributed by atoms with van der Waals surface area (Å²) in [5.41, 5.74) is 4.98. The Morgan fingerprint density at radius 2 is 1.74 bits per heavy atom. The van der Waals surface area contributed by atoms with Crippen LogP contribution in [0.5, 0.6) is 0 Å². The Labute approximate surface area is 110 Å². The van der Waals surface area contributed by atoms with Crippen molar-refractivity contribution in [1.29, 1.82) is 0 Å². The molecule has 0 unspecified atom stereocenters. The van der Waals surface area contributed by atoms with E-state index >= 15 is 0 Å². The molecule has 0 radical (unpaired) electrons. The first kappa shape index (κ1) is 14.9. The highest BCUT2D eigenvalue weighted by atomic mass is 16.1. The summed E-state index contributed by atoms with van der Waals surface area (Å²) < 4.78 is 1.20. The molecule has 0 saturated carbocycles. The van der Waals surface area contributed by atoms with Crippen molar-refractivity contribution in [1.82, 2.24) is 19.5 Å². The molecule has 2 heterocycles. The monoisotopic (exact) mass is 265 g/mol. The summed E-state index contributed by atoms with van der Waals surface area (Å²) in [5.74, 6) is -0.0525. The summed E-state index contributed by atoms with van der Waals surface area (Å²) in [7, 11) is 1.50. The predicted octanol–water partition coefficient (Wildman–Crippen LogP) is 0.651. The lowest BCUT2D eigenvalue weighted by molar-refractivity contribution is 0.469. The van der Waals surface area contributed by atoms with Crippen molar-refractivity contribution < 1.29 is 0 Å². The third-order valence-corrected chi connectivity index (χ3v) is 1.78. The first-order chi connectivity index (χ1) is 8.58. The van der Waals surface area contributed by atoms with Crippen molar-refractivity contribution in [2.45, 2.75) is 27.7 Å². The lowest BCUT2D eigenvalue weighted by Gasteiger charge is -2.05. The molecular weight excluding hydrogens is 246 g/mol. The number of hydrogen-bond donors (Lipinski definition) is 2. The number of nitrogen functional groups attached to an aromatic ring is 1. The number of anilines is 1. The Morgan fingerprint density at radius 3 is 2.26 bits per heavy atom. The van der Waals surface area contributed by atoms with E-state index in [1.54, 1.807) is 0 Å². The Bertz CT molecular complexity index is 688. The standard InChI is InChI=1S/C7H7N5O2.C5H12/c1-12-2-3-4(10-7(12)14)9-6(8)11-5(3)13;1-5(2,3)4/h2H,1H3,(H3,8,9,10,11,13,14);1-4H3. The van der Waals surface area contributed by atoms with Gasteiger partial charge in [0.25, 0.3) is 5.56 Å². The quantitative estimate of drug-likeness (QED) is 0.727. The van der Waals surface area contributed by atoms with Gasteiger partial charge in [-0.15, -0.1) is 0 Å². The van der Waals surface area contributed by atoms with Crippen molar-refractivity contribution in [2.75, 3.05) is 5.73 Å². The normalized spacial score (nSPS) is 11.0. The molecule has 19 heavy (non-hydrogen) atoms. The van der Waals surface area contributed by atoms with Crippen molar-refractivity contribution in [2.24, 2.45) is 12.5 Å². The van der Waals surface area contributed by atoms with E-state index in [9.17, 15) is 9.59 Å². The molecule has 0 aliphatic heterocycles. The smallest absolute Gasteiger partial charge is 0.349 e. The molecule has 0 saturated heterocycles. The second kappa shape index (κ2) is 5.21. The van der Waals surface area contributed by atoms with Crippen LogP contribution in [0.1, 0.15) is 27.7 Å². The molecule has 0 amide bonds. The number of hydrogen-bond acceptors (Lipinski definition) is 5. The number of nitrogens with one attached hydrogen (secondary N) is 1. The van der Waals surface area contributed by atoms with Crippen LogP contribution in [-0.2, 0) is 7.05 Å². The van der Waals surface area contributed by atoms with E-state index in [4.69, 9.17) is 5.73 Å².